The summed E-state index contributed by atoms with van der Waals surface area (Å²) in [5.41, 5.74) is -0.796. The van der Waals surface area contributed by atoms with E-state index in [0.29, 0.717) is 5.56 Å². The molecule has 0 aliphatic rings. The first-order valence-corrected chi connectivity index (χ1v) is 6.12. The minimum atomic E-state index is -2.92. The molecule has 18 heavy (non-hydrogen) atoms. The molecule has 0 bridgehead atoms. The van der Waals surface area contributed by atoms with E-state index < -0.39 is 18.1 Å². The van der Waals surface area contributed by atoms with Crippen LogP contribution in [0.25, 0.3) is 0 Å². The highest BCUT2D eigenvalue weighted by atomic mass is 79.9. The van der Waals surface area contributed by atoms with Crippen LogP contribution in [0.5, 0.6) is 0 Å². The number of aromatic nitrogens is 1. The third-order valence-corrected chi connectivity index (χ3v) is 2.67. The van der Waals surface area contributed by atoms with Crippen LogP contribution in [0.1, 0.15) is 40.7 Å². The molecule has 1 rings (SSSR count). The number of rotatable bonds is 4. The molecule has 1 heterocycles. The van der Waals surface area contributed by atoms with E-state index in [-0.39, 0.29) is 23.2 Å². The molecule has 0 saturated carbocycles. The smallest absolute Gasteiger partial charge is 0.357 e. The van der Waals surface area contributed by atoms with E-state index >= 15 is 0 Å². The van der Waals surface area contributed by atoms with Crippen molar-refractivity contribution in [2.45, 2.75) is 18.7 Å². The summed E-state index contributed by atoms with van der Waals surface area (Å²) in [4.78, 5) is 15.1. The van der Waals surface area contributed by atoms with Crippen LogP contribution >= 0.6 is 15.9 Å². The number of carbonyl (C=O) groups is 1. The zero-order valence-electron chi connectivity index (χ0n) is 9.41. The Labute approximate surface area is 111 Å². The summed E-state index contributed by atoms with van der Waals surface area (Å²) >= 11 is 3.11. The molecule has 0 radical (unpaired) electrons. The Kier molecular flexibility index (Phi) is 5.16. The number of alkyl halides is 3. The fraction of sp³-hybridized carbons (Fsp3) is 0.364. The lowest BCUT2D eigenvalue weighted by atomic mass is 10.1. The Morgan fingerprint density at radius 1 is 1.67 bits per heavy atom. The first-order valence-electron chi connectivity index (χ1n) is 5.00. The molecule has 0 fully saturated rings. The Balaban J connectivity index is 3.37. The number of pyridine rings is 1. The Hall–Kier alpha value is -1.55. The van der Waals surface area contributed by atoms with Gasteiger partial charge >= 0.3 is 5.97 Å². The molecule has 0 aliphatic heterocycles. The fourth-order valence-electron chi connectivity index (χ4n) is 1.30. The monoisotopic (exact) mass is 318 g/mol. The summed E-state index contributed by atoms with van der Waals surface area (Å²) in [6, 6.07) is 2.85. The molecule has 0 amide bonds. The molecule has 4 nitrogen and oxygen atoms in total. The first kappa shape index (κ1) is 14.5. The first-order chi connectivity index (χ1) is 8.54. The molecule has 0 atom stereocenters. The maximum Gasteiger partial charge on any atom is 0.357 e. The largest absolute Gasteiger partial charge is 0.461 e. The van der Waals surface area contributed by atoms with Crippen LogP contribution in [0.3, 0.4) is 0 Å². The second kappa shape index (κ2) is 6.40. The van der Waals surface area contributed by atoms with E-state index in [2.05, 4.69) is 20.9 Å². The normalized spacial score (nSPS) is 10.2. The summed E-state index contributed by atoms with van der Waals surface area (Å²) in [6.07, 6.45) is -2.92. The van der Waals surface area contributed by atoms with Crippen LogP contribution in [0, 0.1) is 11.3 Å². The third-order valence-electron chi connectivity index (χ3n) is 2.07. The SMILES string of the molecule is CCOC(=O)c1nc(C(F)F)c(C#N)cc1CBr. The van der Waals surface area contributed by atoms with Gasteiger partial charge in [-0.1, -0.05) is 15.9 Å². The number of hydrogen-bond acceptors (Lipinski definition) is 4. The van der Waals surface area contributed by atoms with Crippen molar-refractivity contribution in [1.29, 1.82) is 5.26 Å². The van der Waals surface area contributed by atoms with Crippen molar-refractivity contribution in [2.24, 2.45) is 0 Å². The highest BCUT2D eigenvalue weighted by molar-refractivity contribution is 9.08. The fourth-order valence-corrected chi connectivity index (χ4v) is 1.73. The maximum absolute atomic E-state index is 12.7. The highest BCUT2D eigenvalue weighted by Gasteiger charge is 2.22. The molecule has 0 aromatic carbocycles. The van der Waals surface area contributed by atoms with E-state index in [4.69, 9.17) is 10.00 Å². The molecule has 1 aromatic rings. The van der Waals surface area contributed by atoms with Gasteiger partial charge in [0.05, 0.1) is 12.2 Å². The Bertz CT molecular complexity index is 501. The molecule has 0 spiro atoms. The predicted molar refractivity (Wildman–Crippen MR) is 62.5 cm³/mol. The van der Waals surface area contributed by atoms with Gasteiger partial charge in [-0.2, -0.15) is 5.26 Å². The molecule has 0 aliphatic carbocycles. The van der Waals surface area contributed by atoms with Crippen LogP contribution < -0.4 is 0 Å². The number of nitrogens with zero attached hydrogens (tertiary/aromatic N) is 2. The van der Waals surface area contributed by atoms with Crippen LogP contribution in [-0.4, -0.2) is 17.6 Å². The lowest BCUT2D eigenvalue weighted by Gasteiger charge is -2.09. The van der Waals surface area contributed by atoms with Crippen molar-refractivity contribution in [3.8, 4) is 6.07 Å². The second-order valence-corrected chi connectivity index (χ2v) is 3.76. The molecular formula is C11H9BrF2N2O2. The van der Waals surface area contributed by atoms with Gasteiger partial charge in [-0.15, -0.1) is 0 Å². The van der Waals surface area contributed by atoms with E-state index in [1.807, 2.05) is 0 Å². The Morgan fingerprint density at radius 3 is 2.78 bits per heavy atom. The summed E-state index contributed by atoms with van der Waals surface area (Å²) < 4.78 is 30.1. The van der Waals surface area contributed by atoms with Crippen LogP contribution in [0.15, 0.2) is 6.07 Å². The molecule has 0 unspecified atom stereocenters. The third kappa shape index (κ3) is 3.01. The lowest BCUT2D eigenvalue weighted by molar-refractivity contribution is 0.0517. The van der Waals surface area contributed by atoms with E-state index in [1.54, 1.807) is 13.0 Å². The summed E-state index contributed by atoms with van der Waals surface area (Å²) in [5, 5.41) is 8.98. The van der Waals surface area contributed by atoms with E-state index in [9.17, 15) is 13.6 Å². The summed E-state index contributed by atoms with van der Waals surface area (Å²) in [5.74, 6) is -0.779. The number of hydrogen-bond donors (Lipinski definition) is 0. The van der Waals surface area contributed by atoms with Crippen molar-refractivity contribution in [3.05, 3.63) is 28.6 Å². The van der Waals surface area contributed by atoms with Gasteiger partial charge in [-0.25, -0.2) is 18.6 Å². The van der Waals surface area contributed by atoms with Gasteiger partial charge in [-0.3, -0.25) is 0 Å². The van der Waals surface area contributed by atoms with Gasteiger partial charge in [0.1, 0.15) is 11.8 Å². The van der Waals surface area contributed by atoms with Gasteiger partial charge in [0, 0.05) is 5.33 Å². The minimum absolute atomic E-state index is 0.117. The summed E-state index contributed by atoms with van der Waals surface area (Å²) in [7, 11) is 0. The van der Waals surface area contributed by atoms with Crippen molar-refractivity contribution >= 4 is 21.9 Å². The zero-order chi connectivity index (χ0) is 13.7. The topological polar surface area (TPSA) is 63.0 Å². The van der Waals surface area contributed by atoms with Crippen LogP contribution in [-0.2, 0) is 10.1 Å². The lowest BCUT2D eigenvalue weighted by Crippen LogP contribution is -2.13. The summed E-state index contributed by atoms with van der Waals surface area (Å²) in [6.45, 7) is 1.72. The highest BCUT2D eigenvalue weighted by Crippen LogP contribution is 2.24. The van der Waals surface area contributed by atoms with Crippen molar-refractivity contribution in [2.75, 3.05) is 6.61 Å². The molecule has 0 saturated heterocycles. The average molecular weight is 319 g/mol. The minimum Gasteiger partial charge on any atom is -0.461 e. The van der Waals surface area contributed by atoms with Gasteiger partial charge in [-0.05, 0) is 18.6 Å². The van der Waals surface area contributed by atoms with Crippen molar-refractivity contribution in [1.82, 2.24) is 4.98 Å². The Morgan fingerprint density at radius 2 is 2.33 bits per heavy atom. The maximum atomic E-state index is 12.7. The molecule has 0 N–H and O–H groups in total. The zero-order valence-corrected chi connectivity index (χ0v) is 11.0. The quantitative estimate of drug-likeness (QED) is 0.632. The number of halogens is 3. The van der Waals surface area contributed by atoms with Gasteiger partial charge in [0.25, 0.3) is 6.43 Å². The molecule has 96 valence electrons. The van der Waals surface area contributed by atoms with Crippen molar-refractivity contribution < 1.29 is 18.3 Å². The van der Waals surface area contributed by atoms with Crippen LogP contribution in [0.2, 0.25) is 0 Å². The number of nitriles is 1. The predicted octanol–water partition coefficient (Wildman–Crippen LogP) is 2.96. The number of carbonyl (C=O) groups excluding carboxylic acids is 1. The second-order valence-electron chi connectivity index (χ2n) is 3.20. The van der Waals surface area contributed by atoms with E-state index in [0.717, 1.165) is 0 Å². The standard InChI is InChI=1S/C11H9BrF2N2O2/c1-2-18-11(17)9-6(4-12)3-7(5-15)8(16-9)10(13)14/h3,10H,2,4H2,1H3. The number of ether oxygens (including phenoxy) is 1. The molecule has 7 heteroatoms. The molecule has 1 aromatic heterocycles. The van der Waals surface area contributed by atoms with Gasteiger partial charge in [0.2, 0.25) is 0 Å². The number of esters is 1. The van der Waals surface area contributed by atoms with Gasteiger partial charge in [0.15, 0.2) is 5.69 Å². The van der Waals surface area contributed by atoms with Crippen molar-refractivity contribution in [3.63, 3.8) is 0 Å². The molecular weight excluding hydrogens is 310 g/mol. The van der Waals surface area contributed by atoms with Gasteiger partial charge < -0.3 is 4.74 Å². The average Bonchev–Trinajstić information content (AvgIpc) is 2.37. The van der Waals surface area contributed by atoms with E-state index in [1.165, 1.54) is 6.07 Å². The van der Waals surface area contributed by atoms with Crippen LogP contribution in [0.4, 0.5) is 8.78 Å².